The molecule has 0 aliphatic carbocycles. The summed E-state index contributed by atoms with van der Waals surface area (Å²) in [6, 6.07) is 0. The second-order valence-corrected chi connectivity index (χ2v) is 16.0. The van der Waals surface area contributed by atoms with Crippen molar-refractivity contribution in [3.05, 3.63) is 0 Å². The van der Waals surface area contributed by atoms with Crippen LogP contribution in [0.5, 0.6) is 0 Å². The molecule has 0 aromatic rings. The van der Waals surface area contributed by atoms with Gasteiger partial charge in [-0.05, 0) is 44.9 Å². The molecular formula is C41H88Br2N2. The second kappa shape index (κ2) is 37.7. The molecule has 0 rings (SSSR count). The summed E-state index contributed by atoms with van der Waals surface area (Å²) < 4.78 is 2.46. The van der Waals surface area contributed by atoms with Gasteiger partial charge in [-0.15, -0.1) is 0 Å². The van der Waals surface area contributed by atoms with Crippen LogP contribution in [0.15, 0.2) is 0 Å². The topological polar surface area (TPSA) is 0 Å². The standard InChI is InChI=1S/C41H88N2.2BrH/c1-7-9-11-13-15-17-19-21-23-25-27-29-31-34-38-42(3,4)40-36-33-37-41-43(5,6)39-35-32-30-28-26-24-22-20-18-16-14-12-10-8-2;;/h7-41H2,1-6H3;2*1H/q+2;;/p-2. The van der Waals surface area contributed by atoms with Crippen LogP contribution in [0.2, 0.25) is 0 Å². The number of nitrogens with zero attached hydrogens (tertiary/aromatic N) is 2. The zero-order valence-electron chi connectivity index (χ0n) is 32.4. The lowest BCUT2D eigenvalue weighted by atomic mass is 10.0. The maximum Gasteiger partial charge on any atom is 0.0782 e. The monoisotopic (exact) mass is 767 g/mol. The summed E-state index contributed by atoms with van der Waals surface area (Å²) in [7, 11) is 9.88. The maximum atomic E-state index is 2.47. The van der Waals surface area contributed by atoms with E-state index < -0.39 is 0 Å². The van der Waals surface area contributed by atoms with E-state index in [1.807, 2.05) is 0 Å². The van der Waals surface area contributed by atoms with E-state index in [-0.39, 0.29) is 34.0 Å². The number of hydrogen-bond acceptors (Lipinski definition) is 0. The van der Waals surface area contributed by atoms with Crippen LogP contribution in [0.4, 0.5) is 0 Å². The van der Waals surface area contributed by atoms with Gasteiger partial charge in [-0.3, -0.25) is 0 Å². The van der Waals surface area contributed by atoms with Crippen molar-refractivity contribution in [3.63, 3.8) is 0 Å². The molecule has 45 heavy (non-hydrogen) atoms. The first kappa shape index (κ1) is 50.3. The Morgan fingerprint density at radius 2 is 0.356 bits per heavy atom. The van der Waals surface area contributed by atoms with Gasteiger partial charge in [0.2, 0.25) is 0 Å². The van der Waals surface area contributed by atoms with Crippen molar-refractivity contribution >= 4 is 0 Å². The summed E-state index contributed by atoms with van der Waals surface area (Å²) in [6.45, 7) is 10.1. The number of unbranched alkanes of at least 4 members (excludes halogenated alkanes) is 28. The molecule has 0 heterocycles. The summed E-state index contributed by atoms with van der Waals surface area (Å²) in [5.41, 5.74) is 0. The SMILES string of the molecule is CCCCCCCCCCCCCCCC[N+](C)(C)CCCCC[N+](C)(C)CCCCCCCCCCCCCCCC.[Br-].[Br-]. The number of hydrogen-bond donors (Lipinski definition) is 0. The Balaban J connectivity index is -0.00000882. The summed E-state index contributed by atoms with van der Waals surface area (Å²) in [6.07, 6.45) is 45.1. The highest BCUT2D eigenvalue weighted by atomic mass is 79.9. The van der Waals surface area contributed by atoms with Crippen LogP contribution in [-0.4, -0.2) is 63.3 Å². The largest absolute Gasteiger partial charge is 1.00 e. The van der Waals surface area contributed by atoms with E-state index in [0.717, 1.165) is 0 Å². The zero-order valence-corrected chi connectivity index (χ0v) is 35.6. The van der Waals surface area contributed by atoms with Crippen LogP contribution < -0.4 is 34.0 Å². The molecule has 0 fully saturated rings. The minimum absolute atomic E-state index is 0. The molecule has 0 aliphatic heterocycles. The van der Waals surface area contributed by atoms with Gasteiger partial charge < -0.3 is 42.9 Å². The average molecular weight is 769 g/mol. The predicted octanol–water partition coefficient (Wildman–Crippen LogP) is 7.28. The van der Waals surface area contributed by atoms with Gasteiger partial charge in [0.25, 0.3) is 0 Å². The molecule has 2 nitrogen and oxygen atoms in total. The maximum absolute atomic E-state index is 2.47. The van der Waals surface area contributed by atoms with E-state index in [0.29, 0.717) is 0 Å². The molecule has 0 N–H and O–H groups in total. The first-order valence-electron chi connectivity index (χ1n) is 20.5. The Morgan fingerprint density at radius 1 is 0.222 bits per heavy atom. The van der Waals surface area contributed by atoms with Crippen LogP contribution in [0.1, 0.15) is 213 Å². The molecule has 0 saturated carbocycles. The lowest BCUT2D eigenvalue weighted by Crippen LogP contribution is -3.00. The Bertz CT molecular complexity index is 492. The van der Waals surface area contributed by atoms with Crippen molar-refractivity contribution in [3.8, 4) is 0 Å². The van der Waals surface area contributed by atoms with Crippen LogP contribution in [-0.2, 0) is 0 Å². The average Bonchev–Trinajstić information content (AvgIpc) is 2.97. The molecular weight excluding hydrogens is 680 g/mol. The molecule has 0 aliphatic rings. The van der Waals surface area contributed by atoms with Crippen LogP contribution >= 0.6 is 0 Å². The highest BCUT2D eigenvalue weighted by molar-refractivity contribution is 4.52. The van der Waals surface area contributed by atoms with Crippen LogP contribution in [0.25, 0.3) is 0 Å². The van der Waals surface area contributed by atoms with E-state index in [1.165, 1.54) is 234 Å². The van der Waals surface area contributed by atoms with Crippen LogP contribution in [0, 0.1) is 0 Å². The zero-order chi connectivity index (χ0) is 31.7. The van der Waals surface area contributed by atoms with Crippen molar-refractivity contribution < 1.29 is 42.9 Å². The van der Waals surface area contributed by atoms with Gasteiger partial charge in [0.05, 0.1) is 54.4 Å². The molecule has 0 radical (unpaired) electrons. The Morgan fingerprint density at radius 3 is 0.533 bits per heavy atom. The van der Waals surface area contributed by atoms with Crippen molar-refractivity contribution in [2.75, 3.05) is 54.4 Å². The first-order chi connectivity index (χ1) is 20.8. The third kappa shape index (κ3) is 41.0. The van der Waals surface area contributed by atoms with Gasteiger partial charge in [-0.1, -0.05) is 168 Å². The molecule has 0 saturated heterocycles. The van der Waals surface area contributed by atoms with Gasteiger partial charge in [0.1, 0.15) is 0 Å². The fourth-order valence-corrected chi connectivity index (χ4v) is 6.95. The minimum atomic E-state index is 0. The number of halogens is 2. The van der Waals surface area contributed by atoms with Gasteiger partial charge in [0, 0.05) is 0 Å². The predicted molar refractivity (Wildman–Crippen MR) is 198 cm³/mol. The highest BCUT2D eigenvalue weighted by Gasteiger charge is 2.16. The van der Waals surface area contributed by atoms with E-state index in [1.54, 1.807) is 0 Å². The minimum Gasteiger partial charge on any atom is -1.00 e. The molecule has 276 valence electrons. The van der Waals surface area contributed by atoms with Crippen molar-refractivity contribution in [2.45, 2.75) is 213 Å². The first-order valence-corrected chi connectivity index (χ1v) is 20.5. The fraction of sp³-hybridized carbons (Fsp3) is 1.00. The molecule has 0 bridgehead atoms. The molecule has 0 aromatic carbocycles. The Kier molecular flexibility index (Phi) is 42.1. The third-order valence-electron chi connectivity index (χ3n) is 10.3. The van der Waals surface area contributed by atoms with Crippen LogP contribution in [0.3, 0.4) is 0 Å². The molecule has 0 aromatic heterocycles. The fourth-order valence-electron chi connectivity index (χ4n) is 6.95. The van der Waals surface area contributed by atoms with Crippen molar-refractivity contribution in [1.82, 2.24) is 0 Å². The quantitative estimate of drug-likeness (QED) is 0.0465. The van der Waals surface area contributed by atoms with Gasteiger partial charge >= 0.3 is 0 Å². The van der Waals surface area contributed by atoms with Gasteiger partial charge in [0.15, 0.2) is 0 Å². The Labute approximate surface area is 308 Å². The summed E-state index contributed by atoms with van der Waals surface area (Å²) in [5, 5.41) is 0. The van der Waals surface area contributed by atoms with Gasteiger partial charge in [-0.25, -0.2) is 0 Å². The summed E-state index contributed by atoms with van der Waals surface area (Å²) in [4.78, 5) is 0. The highest BCUT2D eigenvalue weighted by Crippen LogP contribution is 2.16. The molecule has 0 atom stereocenters. The van der Waals surface area contributed by atoms with Crippen molar-refractivity contribution in [1.29, 1.82) is 0 Å². The normalized spacial score (nSPS) is 11.9. The van der Waals surface area contributed by atoms with E-state index in [4.69, 9.17) is 0 Å². The molecule has 0 amide bonds. The number of rotatable bonds is 36. The lowest BCUT2D eigenvalue weighted by molar-refractivity contribution is -0.892. The van der Waals surface area contributed by atoms with Gasteiger partial charge in [-0.2, -0.15) is 0 Å². The van der Waals surface area contributed by atoms with E-state index in [2.05, 4.69) is 42.0 Å². The number of quaternary nitrogens is 2. The summed E-state index contributed by atoms with van der Waals surface area (Å²) >= 11 is 0. The van der Waals surface area contributed by atoms with E-state index in [9.17, 15) is 0 Å². The molecule has 0 spiro atoms. The third-order valence-corrected chi connectivity index (χ3v) is 10.3. The molecule has 0 unspecified atom stereocenters. The Hall–Kier alpha value is 0.880. The molecule has 4 heteroatoms. The van der Waals surface area contributed by atoms with Crippen molar-refractivity contribution in [2.24, 2.45) is 0 Å². The second-order valence-electron chi connectivity index (χ2n) is 16.0. The summed E-state index contributed by atoms with van der Waals surface area (Å²) in [5.74, 6) is 0. The van der Waals surface area contributed by atoms with E-state index >= 15 is 0 Å². The lowest BCUT2D eigenvalue weighted by Gasteiger charge is -2.31. The smallest absolute Gasteiger partial charge is 0.0782 e.